The maximum atomic E-state index is 12.1. The predicted octanol–water partition coefficient (Wildman–Crippen LogP) is 3.38. The fraction of sp³-hybridized carbons (Fsp3) is 0.200. The maximum absolute atomic E-state index is 12.1. The van der Waals surface area contributed by atoms with Crippen molar-refractivity contribution in [2.45, 2.75) is 12.5 Å². The predicted molar refractivity (Wildman–Crippen MR) is 98.4 cm³/mol. The Hall–Kier alpha value is -3.08. The number of methoxy groups -OCH3 is 2. The van der Waals surface area contributed by atoms with E-state index >= 15 is 0 Å². The molecule has 0 saturated heterocycles. The standard InChI is InChI=1S/C20H20N2O3/c1-24-16-9-7-14(8-10-16)12-21-19(20(23)25-2)11-15-13-22-18-6-4-3-5-17(15)18/h3-10,12-13,19,22H,11H2,1-2H3/t19-/m0/s1. The summed E-state index contributed by atoms with van der Waals surface area (Å²) in [5.74, 6) is 0.426. The minimum absolute atomic E-state index is 0.352. The average molecular weight is 336 g/mol. The van der Waals surface area contributed by atoms with Gasteiger partial charge in [-0.1, -0.05) is 18.2 Å². The minimum Gasteiger partial charge on any atom is -0.497 e. The lowest BCUT2D eigenvalue weighted by Gasteiger charge is -2.09. The molecule has 1 atom stereocenters. The first kappa shape index (κ1) is 16.8. The number of hydrogen-bond acceptors (Lipinski definition) is 4. The second-order valence-electron chi connectivity index (χ2n) is 5.65. The van der Waals surface area contributed by atoms with Crippen LogP contribution in [-0.4, -0.2) is 37.4 Å². The van der Waals surface area contributed by atoms with Crippen molar-refractivity contribution in [3.63, 3.8) is 0 Å². The number of fused-ring (bicyclic) bond motifs is 1. The van der Waals surface area contributed by atoms with Crippen LogP contribution in [-0.2, 0) is 16.0 Å². The summed E-state index contributed by atoms with van der Waals surface area (Å²) in [6, 6.07) is 14.9. The number of esters is 1. The molecule has 0 saturated carbocycles. The monoisotopic (exact) mass is 336 g/mol. The number of aromatic amines is 1. The number of nitrogens with zero attached hydrogens (tertiary/aromatic N) is 1. The molecule has 0 aliphatic rings. The number of nitrogens with one attached hydrogen (secondary N) is 1. The van der Waals surface area contributed by atoms with E-state index in [0.717, 1.165) is 27.8 Å². The van der Waals surface area contributed by atoms with Crippen molar-refractivity contribution in [3.05, 3.63) is 65.9 Å². The van der Waals surface area contributed by atoms with Crippen LogP contribution in [0.2, 0.25) is 0 Å². The Balaban J connectivity index is 1.82. The van der Waals surface area contributed by atoms with Gasteiger partial charge in [0.25, 0.3) is 0 Å². The Morgan fingerprint density at radius 2 is 1.92 bits per heavy atom. The fourth-order valence-electron chi connectivity index (χ4n) is 2.71. The molecular weight excluding hydrogens is 316 g/mol. The molecule has 25 heavy (non-hydrogen) atoms. The zero-order valence-corrected chi connectivity index (χ0v) is 14.2. The summed E-state index contributed by atoms with van der Waals surface area (Å²) in [6.45, 7) is 0. The van der Waals surface area contributed by atoms with Crippen molar-refractivity contribution in [1.82, 2.24) is 4.98 Å². The molecule has 5 heteroatoms. The molecule has 0 aliphatic carbocycles. The third-order valence-electron chi connectivity index (χ3n) is 4.08. The van der Waals surface area contributed by atoms with E-state index in [1.807, 2.05) is 54.7 Å². The Bertz CT molecular complexity index is 881. The molecule has 3 rings (SSSR count). The van der Waals surface area contributed by atoms with Gasteiger partial charge in [0, 0.05) is 29.7 Å². The number of H-pyrrole nitrogens is 1. The molecule has 0 bridgehead atoms. The van der Waals surface area contributed by atoms with Crippen LogP contribution in [0.5, 0.6) is 5.75 Å². The van der Waals surface area contributed by atoms with Crippen LogP contribution in [0, 0.1) is 0 Å². The van der Waals surface area contributed by atoms with Crippen molar-refractivity contribution in [1.29, 1.82) is 0 Å². The number of aliphatic imine (C=N–C) groups is 1. The first-order chi connectivity index (χ1) is 12.2. The van der Waals surface area contributed by atoms with Gasteiger partial charge in [-0.2, -0.15) is 0 Å². The third kappa shape index (κ3) is 3.88. The highest BCUT2D eigenvalue weighted by Crippen LogP contribution is 2.20. The zero-order valence-electron chi connectivity index (χ0n) is 14.2. The van der Waals surface area contributed by atoms with E-state index in [-0.39, 0.29) is 5.97 Å². The number of aromatic nitrogens is 1. The molecule has 0 unspecified atom stereocenters. The average Bonchev–Trinajstić information content (AvgIpc) is 3.08. The van der Waals surface area contributed by atoms with Crippen molar-refractivity contribution >= 4 is 23.1 Å². The Labute approximate surface area is 146 Å². The normalized spacial score (nSPS) is 12.4. The van der Waals surface area contributed by atoms with Gasteiger partial charge in [-0.15, -0.1) is 0 Å². The van der Waals surface area contributed by atoms with E-state index < -0.39 is 6.04 Å². The Kier molecular flexibility index (Phi) is 5.14. The molecule has 0 radical (unpaired) electrons. The minimum atomic E-state index is -0.591. The molecule has 1 heterocycles. The lowest BCUT2D eigenvalue weighted by Crippen LogP contribution is -2.23. The highest BCUT2D eigenvalue weighted by atomic mass is 16.5. The zero-order chi connectivity index (χ0) is 17.6. The number of benzene rings is 2. The summed E-state index contributed by atoms with van der Waals surface area (Å²) in [7, 11) is 3.01. The fourth-order valence-corrected chi connectivity index (χ4v) is 2.71. The molecule has 1 N–H and O–H groups in total. The number of para-hydroxylation sites is 1. The molecule has 0 amide bonds. The van der Waals surface area contributed by atoms with Crippen LogP contribution in [0.3, 0.4) is 0 Å². The van der Waals surface area contributed by atoms with E-state index in [4.69, 9.17) is 9.47 Å². The topological polar surface area (TPSA) is 63.7 Å². The number of hydrogen-bond donors (Lipinski definition) is 1. The number of carbonyl (C=O) groups is 1. The molecule has 2 aromatic carbocycles. The second kappa shape index (κ2) is 7.66. The highest BCUT2D eigenvalue weighted by Gasteiger charge is 2.19. The van der Waals surface area contributed by atoms with Crippen LogP contribution < -0.4 is 4.74 Å². The molecule has 0 aliphatic heterocycles. The van der Waals surface area contributed by atoms with Crippen molar-refractivity contribution < 1.29 is 14.3 Å². The first-order valence-electron chi connectivity index (χ1n) is 8.01. The van der Waals surface area contributed by atoms with Crippen molar-refractivity contribution in [3.8, 4) is 5.75 Å². The van der Waals surface area contributed by atoms with Gasteiger partial charge in [0.05, 0.1) is 14.2 Å². The van der Waals surface area contributed by atoms with Crippen molar-refractivity contribution in [2.75, 3.05) is 14.2 Å². The molecule has 128 valence electrons. The van der Waals surface area contributed by atoms with E-state index in [9.17, 15) is 4.79 Å². The number of rotatable bonds is 6. The molecule has 1 aromatic heterocycles. The Morgan fingerprint density at radius 3 is 2.64 bits per heavy atom. The van der Waals surface area contributed by atoms with E-state index in [2.05, 4.69) is 9.98 Å². The number of carbonyl (C=O) groups excluding carboxylic acids is 1. The summed E-state index contributed by atoms with van der Waals surface area (Å²) < 4.78 is 10.1. The molecule has 0 spiro atoms. The third-order valence-corrected chi connectivity index (χ3v) is 4.08. The molecule has 3 aromatic rings. The number of ether oxygens (including phenoxy) is 2. The van der Waals surface area contributed by atoms with E-state index in [1.165, 1.54) is 7.11 Å². The lowest BCUT2D eigenvalue weighted by molar-refractivity contribution is -0.142. The second-order valence-corrected chi connectivity index (χ2v) is 5.65. The summed E-state index contributed by atoms with van der Waals surface area (Å²) in [5, 5.41) is 1.09. The molecular formula is C20H20N2O3. The highest BCUT2D eigenvalue weighted by molar-refractivity contribution is 5.86. The van der Waals surface area contributed by atoms with Gasteiger partial charge in [-0.25, -0.2) is 4.79 Å². The largest absolute Gasteiger partial charge is 0.497 e. The lowest BCUT2D eigenvalue weighted by atomic mass is 10.1. The summed E-state index contributed by atoms with van der Waals surface area (Å²) in [5.41, 5.74) is 2.98. The quantitative estimate of drug-likeness (QED) is 0.554. The first-order valence-corrected chi connectivity index (χ1v) is 8.01. The van der Waals surface area contributed by atoms with Crippen LogP contribution >= 0.6 is 0 Å². The SMILES string of the molecule is COC(=O)[C@H](Cc1c[nH]c2ccccc12)N=Cc1ccc(OC)cc1. The van der Waals surface area contributed by atoms with Crippen LogP contribution in [0.15, 0.2) is 59.7 Å². The van der Waals surface area contributed by atoms with Gasteiger partial charge in [0.15, 0.2) is 6.04 Å². The smallest absolute Gasteiger partial charge is 0.330 e. The van der Waals surface area contributed by atoms with Crippen LogP contribution in [0.25, 0.3) is 10.9 Å². The summed E-state index contributed by atoms with van der Waals surface area (Å²) in [6.07, 6.45) is 4.09. The van der Waals surface area contributed by atoms with E-state index in [0.29, 0.717) is 6.42 Å². The van der Waals surface area contributed by atoms with Gasteiger partial charge in [0.1, 0.15) is 5.75 Å². The molecule has 5 nitrogen and oxygen atoms in total. The van der Waals surface area contributed by atoms with Crippen LogP contribution in [0.4, 0.5) is 0 Å². The van der Waals surface area contributed by atoms with Gasteiger partial charge in [-0.3, -0.25) is 4.99 Å². The van der Waals surface area contributed by atoms with Gasteiger partial charge in [0.2, 0.25) is 0 Å². The summed E-state index contributed by atoms with van der Waals surface area (Å²) >= 11 is 0. The maximum Gasteiger partial charge on any atom is 0.330 e. The van der Waals surface area contributed by atoms with Crippen molar-refractivity contribution in [2.24, 2.45) is 4.99 Å². The van der Waals surface area contributed by atoms with Gasteiger partial charge < -0.3 is 14.5 Å². The molecule has 0 fully saturated rings. The summed E-state index contributed by atoms with van der Waals surface area (Å²) in [4.78, 5) is 19.8. The van der Waals surface area contributed by atoms with Gasteiger partial charge in [-0.05, 0) is 41.5 Å². The Morgan fingerprint density at radius 1 is 1.16 bits per heavy atom. The van der Waals surface area contributed by atoms with Crippen LogP contribution in [0.1, 0.15) is 11.1 Å². The van der Waals surface area contributed by atoms with Gasteiger partial charge >= 0.3 is 5.97 Å². The van der Waals surface area contributed by atoms with E-state index in [1.54, 1.807) is 13.3 Å².